The number of nitrogens with zero attached hydrogens (tertiary/aromatic N) is 2. The topological polar surface area (TPSA) is 55.6 Å². The lowest BCUT2D eigenvalue weighted by molar-refractivity contribution is 0.0761. The number of aryl methyl sites for hydroxylation is 1. The number of ether oxygens (including phenoxy) is 1. The van der Waals surface area contributed by atoms with E-state index in [4.69, 9.17) is 9.15 Å². The highest BCUT2D eigenvalue weighted by molar-refractivity contribution is 5.97. The van der Waals surface area contributed by atoms with Crippen LogP contribution in [0.15, 0.2) is 35.1 Å². The summed E-state index contributed by atoms with van der Waals surface area (Å²) in [4.78, 5) is 19.0. The molecule has 0 bridgehead atoms. The van der Waals surface area contributed by atoms with E-state index in [2.05, 4.69) is 4.98 Å². The van der Waals surface area contributed by atoms with Gasteiger partial charge in [-0.1, -0.05) is 29.8 Å². The number of carbonyl (C=O) groups excluding carboxylic acids is 1. The zero-order valence-corrected chi connectivity index (χ0v) is 13.2. The molecule has 1 atom stereocenters. The normalized spacial score (nSPS) is 23.8. The first-order valence-electron chi connectivity index (χ1n) is 8.04. The van der Waals surface area contributed by atoms with Crippen molar-refractivity contribution >= 4 is 5.91 Å². The summed E-state index contributed by atoms with van der Waals surface area (Å²) in [5.74, 6) is 0.511. The Morgan fingerprint density at radius 3 is 2.83 bits per heavy atom. The molecule has 0 aliphatic carbocycles. The van der Waals surface area contributed by atoms with Gasteiger partial charge in [-0.2, -0.15) is 0 Å². The zero-order valence-electron chi connectivity index (χ0n) is 13.2. The van der Waals surface area contributed by atoms with E-state index in [1.54, 1.807) is 0 Å². The van der Waals surface area contributed by atoms with Crippen LogP contribution < -0.4 is 0 Å². The largest absolute Gasteiger partial charge is 0.443 e. The molecule has 0 unspecified atom stereocenters. The minimum atomic E-state index is -0.0434. The Hall–Kier alpha value is -2.14. The molecule has 1 aromatic carbocycles. The lowest BCUT2D eigenvalue weighted by Gasteiger charge is -2.21. The summed E-state index contributed by atoms with van der Waals surface area (Å²) in [6.45, 7) is 5.12. The number of hydrogen-bond acceptors (Lipinski definition) is 4. The Morgan fingerprint density at radius 2 is 2.09 bits per heavy atom. The van der Waals surface area contributed by atoms with Gasteiger partial charge in [0.25, 0.3) is 5.91 Å². The van der Waals surface area contributed by atoms with Crippen molar-refractivity contribution in [3.05, 3.63) is 41.9 Å². The van der Waals surface area contributed by atoms with E-state index in [0.29, 0.717) is 11.5 Å². The molecule has 23 heavy (non-hydrogen) atoms. The second-order valence-corrected chi connectivity index (χ2v) is 6.68. The SMILES string of the molecule is Cc1ccc(-c2ocnc2C(=O)N2CC[C@]3(CCOC3)C2)cc1. The van der Waals surface area contributed by atoms with Crippen LogP contribution in [0.4, 0.5) is 0 Å². The molecule has 2 aliphatic heterocycles. The first kappa shape index (κ1) is 14.5. The lowest BCUT2D eigenvalue weighted by Crippen LogP contribution is -2.32. The maximum absolute atomic E-state index is 12.9. The van der Waals surface area contributed by atoms with Gasteiger partial charge in [-0.25, -0.2) is 4.98 Å². The molecule has 5 nitrogen and oxygen atoms in total. The van der Waals surface area contributed by atoms with E-state index >= 15 is 0 Å². The van der Waals surface area contributed by atoms with Gasteiger partial charge in [0.2, 0.25) is 0 Å². The predicted molar refractivity (Wildman–Crippen MR) is 85.1 cm³/mol. The van der Waals surface area contributed by atoms with Gasteiger partial charge in [-0.15, -0.1) is 0 Å². The van der Waals surface area contributed by atoms with Crippen LogP contribution >= 0.6 is 0 Å². The quantitative estimate of drug-likeness (QED) is 0.855. The number of likely N-dealkylation sites (tertiary alicyclic amines) is 1. The number of aromatic nitrogens is 1. The van der Waals surface area contributed by atoms with Crippen LogP contribution in [0, 0.1) is 12.3 Å². The Bertz CT molecular complexity index is 714. The van der Waals surface area contributed by atoms with Crippen molar-refractivity contribution in [3.8, 4) is 11.3 Å². The number of oxazole rings is 1. The predicted octanol–water partition coefficient (Wildman–Crippen LogP) is 2.90. The molecule has 2 aliphatic rings. The first-order chi connectivity index (χ1) is 11.2. The third kappa shape index (κ3) is 2.55. The van der Waals surface area contributed by atoms with Gasteiger partial charge < -0.3 is 14.1 Å². The van der Waals surface area contributed by atoms with E-state index in [0.717, 1.165) is 44.7 Å². The summed E-state index contributed by atoms with van der Waals surface area (Å²) in [6.07, 6.45) is 3.41. The highest BCUT2D eigenvalue weighted by Gasteiger charge is 2.43. The molecule has 4 rings (SSSR count). The highest BCUT2D eigenvalue weighted by Crippen LogP contribution is 2.39. The van der Waals surface area contributed by atoms with E-state index in [1.807, 2.05) is 36.1 Å². The van der Waals surface area contributed by atoms with Gasteiger partial charge >= 0.3 is 0 Å². The van der Waals surface area contributed by atoms with Crippen LogP contribution in [0.25, 0.3) is 11.3 Å². The molecular weight excluding hydrogens is 292 g/mol. The van der Waals surface area contributed by atoms with Crippen molar-refractivity contribution in [2.24, 2.45) is 5.41 Å². The van der Waals surface area contributed by atoms with Gasteiger partial charge in [-0.05, 0) is 19.8 Å². The van der Waals surface area contributed by atoms with Crippen molar-refractivity contribution in [2.75, 3.05) is 26.3 Å². The van der Waals surface area contributed by atoms with Crippen molar-refractivity contribution in [1.82, 2.24) is 9.88 Å². The second kappa shape index (κ2) is 5.49. The Balaban J connectivity index is 1.58. The summed E-state index contributed by atoms with van der Waals surface area (Å²) in [5.41, 5.74) is 2.62. The summed E-state index contributed by atoms with van der Waals surface area (Å²) in [5, 5.41) is 0. The number of amides is 1. The fourth-order valence-corrected chi connectivity index (χ4v) is 3.54. The smallest absolute Gasteiger partial charge is 0.276 e. The molecule has 120 valence electrons. The average molecular weight is 312 g/mol. The fraction of sp³-hybridized carbons (Fsp3) is 0.444. The molecule has 0 radical (unpaired) electrons. The molecule has 2 aromatic rings. The van der Waals surface area contributed by atoms with E-state index in [9.17, 15) is 4.79 Å². The average Bonchev–Trinajstić information content (AvgIpc) is 3.30. The molecule has 2 fully saturated rings. The second-order valence-electron chi connectivity index (χ2n) is 6.68. The van der Waals surface area contributed by atoms with Crippen LogP contribution in [0.5, 0.6) is 0 Å². The van der Waals surface area contributed by atoms with Gasteiger partial charge in [0.05, 0.1) is 6.61 Å². The molecule has 1 spiro atoms. The van der Waals surface area contributed by atoms with Gasteiger partial charge in [0.1, 0.15) is 0 Å². The number of rotatable bonds is 2. The van der Waals surface area contributed by atoms with Gasteiger partial charge in [0.15, 0.2) is 17.8 Å². The standard InChI is InChI=1S/C18H20N2O3/c1-13-2-4-14(5-3-13)16-15(19-12-23-16)17(21)20-8-6-18(10-20)7-9-22-11-18/h2-5,12H,6-11H2,1H3/t18-/m0/s1. The Kier molecular flexibility index (Phi) is 3.45. The molecule has 5 heteroatoms. The van der Waals surface area contributed by atoms with E-state index in [-0.39, 0.29) is 11.3 Å². The number of hydrogen-bond donors (Lipinski definition) is 0. The molecule has 0 saturated carbocycles. The van der Waals surface area contributed by atoms with Crippen molar-refractivity contribution in [2.45, 2.75) is 19.8 Å². The maximum atomic E-state index is 12.9. The van der Waals surface area contributed by atoms with Crippen molar-refractivity contribution in [1.29, 1.82) is 0 Å². The molecular formula is C18H20N2O3. The summed E-state index contributed by atoms with van der Waals surface area (Å²) >= 11 is 0. The summed E-state index contributed by atoms with van der Waals surface area (Å²) < 4.78 is 11.0. The first-order valence-corrected chi connectivity index (χ1v) is 8.04. The fourth-order valence-electron chi connectivity index (χ4n) is 3.54. The third-order valence-electron chi connectivity index (χ3n) is 4.99. The van der Waals surface area contributed by atoms with E-state index in [1.165, 1.54) is 12.0 Å². The van der Waals surface area contributed by atoms with Crippen LogP contribution in [-0.2, 0) is 4.74 Å². The van der Waals surface area contributed by atoms with Crippen LogP contribution in [0.2, 0.25) is 0 Å². The number of benzene rings is 1. The van der Waals surface area contributed by atoms with Gasteiger partial charge in [0, 0.05) is 30.7 Å². The third-order valence-corrected chi connectivity index (χ3v) is 4.99. The summed E-state index contributed by atoms with van der Waals surface area (Å²) in [7, 11) is 0. The molecule has 0 N–H and O–H groups in total. The lowest BCUT2D eigenvalue weighted by atomic mass is 9.87. The minimum absolute atomic E-state index is 0.0434. The number of carbonyl (C=O) groups is 1. The molecule has 3 heterocycles. The van der Waals surface area contributed by atoms with Crippen molar-refractivity contribution < 1.29 is 13.9 Å². The zero-order chi connectivity index (χ0) is 15.9. The van der Waals surface area contributed by atoms with Crippen LogP contribution in [0.3, 0.4) is 0 Å². The van der Waals surface area contributed by atoms with E-state index < -0.39 is 0 Å². The molecule has 2 saturated heterocycles. The monoisotopic (exact) mass is 312 g/mol. The molecule has 1 amide bonds. The van der Waals surface area contributed by atoms with Gasteiger partial charge in [-0.3, -0.25) is 4.79 Å². The Morgan fingerprint density at radius 1 is 1.26 bits per heavy atom. The maximum Gasteiger partial charge on any atom is 0.276 e. The molecule has 1 aromatic heterocycles. The Labute approximate surface area is 135 Å². The van der Waals surface area contributed by atoms with Crippen LogP contribution in [0.1, 0.15) is 28.9 Å². The van der Waals surface area contributed by atoms with Crippen molar-refractivity contribution in [3.63, 3.8) is 0 Å². The summed E-state index contributed by atoms with van der Waals surface area (Å²) in [6, 6.07) is 7.94. The highest BCUT2D eigenvalue weighted by atomic mass is 16.5. The van der Waals surface area contributed by atoms with Crippen LogP contribution in [-0.4, -0.2) is 42.1 Å². The minimum Gasteiger partial charge on any atom is -0.443 e.